The van der Waals surface area contributed by atoms with Crippen LogP contribution in [0, 0.1) is 6.67 Å². The van der Waals surface area contributed by atoms with Gasteiger partial charge in [0.2, 0.25) is 16.5 Å². The van der Waals surface area contributed by atoms with Crippen molar-refractivity contribution in [2.75, 3.05) is 4.90 Å². The van der Waals surface area contributed by atoms with Gasteiger partial charge in [-0.1, -0.05) is 18.2 Å². The molecule has 4 rings (SSSR count). The Morgan fingerprint density at radius 3 is 2.25 bits per heavy atom. The highest BCUT2D eigenvalue weighted by Crippen LogP contribution is 2.25. The average molecular weight is 494 g/mol. The van der Waals surface area contributed by atoms with Gasteiger partial charge >= 0.3 is 12.0 Å². The minimum absolute atomic E-state index is 0.0304. The van der Waals surface area contributed by atoms with E-state index in [1.54, 1.807) is 24.3 Å². The van der Waals surface area contributed by atoms with Crippen LogP contribution in [-0.4, -0.2) is 39.2 Å². The summed E-state index contributed by atoms with van der Waals surface area (Å²) in [4.78, 5) is 21.0. The summed E-state index contributed by atoms with van der Waals surface area (Å²) in [5, 5.41) is -0.293. The van der Waals surface area contributed by atoms with Crippen molar-refractivity contribution in [2.24, 2.45) is 9.98 Å². The Morgan fingerprint density at radius 2 is 1.56 bits per heavy atom. The summed E-state index contributed by atoms with van der Waals surface area (Å²) in [5.74, 6) is 0.632. The number of para-hydroxylation sites is 1. The largest absolute Gasteiger partial charge is 0.425 e. The van der Waals surface area contributed by atoms with E-state index in [1.165, 1.54) is 23.7 Å². The van der Waals surface area contributed by atoms with Gasteiger partial charge in [0.05, 0.1) is 4.90 Å². The van der Waals surface area contributed by atoms with E-state index in [4.69, 9.17) is 37.2 Å². The molecule has 2 aromatic carbocycles. The van der Waals surface area contributed by atoms with Crippen LogP contribution < -0.4 is 14.4 Å². The molecule has 0 atom stereocenters. The van der Waals surface area contributed by atoms with Crippen molar-refractivity contribution >= 4 is 50.6 Å². The van der Waals surface area contributed by atoms with E-state index < -0.39 is 10.1 Å². The first-order valence-corrected chi connectivity index (χ1v) is 10.8. The molecule has 0 saturated carbocycles. The number of nitrogens with zero attached hydrogens (tertiary/aromatic N) is 6. The van der Waals surface area contributed by atoms with Crippen LogP contribution in [0.25, 0.3) is 0 Å². The molecule has 0 unspecified atom stereocenters. The Labute approximate surface area is 191 Å². The van der Waals surface area contributed by atoms with Gasteiger partial charge in [0, 0.05) is 0 Å². The Hall–Kier alpha value is -3.32. The summed E-state index contributed by atoms with van der Waals surface area (Å²) < 4.78 is 42.8. The van der Waals surface area contributed by atoms with E-state index in [-0.39, 0.29) is 39.2 Å². The fraction of sp³-hybridized carbons (Fsp3) is 0. The Morgan fingerprint density at radius 1 is 0.875 bits per heavy atom. The van der Waals surface area contributed by atoms with E-state index in [0.717, 1.165) is 12.1 Å². The summed E-state index contributed by atoms with van der Waals surface area (Å²) >= 11 is 11.9. The van der Waals surface area contributed by atoms with Crippen molar-refractivity contribution in [3.63, 3.8) is 0 Å². The SMILES string of the molecule is O=S(=O)(O)c1ccc(OC2=NC(Cl)=N[CH]N2c2nc(Cl)nc(Oc3ccccc3)n2)cc1. The summed E-state index contributed by atoms with van der Waals surface area (Å²) in [6, 6.07) is 13.5. The lowest BCUT2D eigenvalue weighted by molar-refractivity contribution is 0.439. The van der Waals surface area contributed by atoms with E-state index in [2.05, 4.69) is 24.9 Å². The van der Waals surface area contributed by atoms with Gasteiger partial charge in [-0.25, -0.2) is 9.89 Å². The third kappa shape index (κ3) is 5.29. The number of aromatic nitrogens is 3. The fourth-order valence-corrected chi connectivity index (χ4v) is 3.12. The quantitative estimate of drug-likeness (QED) is 0.417. The lowest BCUT2D eigenvalue weighted by atomic mass is 10.3. The molecule has 1 radical (unpaired) electrons. The van der Waals surface area contributed by atoms with Gasteiger partial charge < -0.3 is 9.47 Å². The molecule has 3 aromatic rings. The lowest BCUT2D eigenvalue weighted by Gasteiger charge is -2.23. The second kappa shape index (κ2) is 9.04. The first-order valence-electron chi connectivity index (χ1n) is 8.62. The number of hydrogen-bond acceptors (Lipinski definition) is 10. The molecular weight excluding hydrogens is 483 g/mol. The molecule has 0 spiro atoms. The van der Waals surface area contributed by atoms with Crippen molar-refractivity contribution in [1.82, 2.24) is 15.0 Å². The molecule has 1 aliphatic heterocycles. The van der Waals surface area contributed by atoms with Crippen LogP contribution in [0.4, 0.5) is 5.95 Å². The predicted molar refractivity (Wildman–Crippen MR) is 116 cm³/mol. The van der Waals surface area contributed by atoms with E-state index >= 15 is 0 Å². The van der Waals surface area contributed by atoms with Crippen LogP contribution in [0.15, 0.2) is 69.5 Å². The highest BCUT2D eigenvalue weighted by atomic mass is 35.5. The second-order valence-corrected chi connectivity index (χ2v) is 8.03. The van der Waals surface area contributed by atoms with Crippen molar-refractivity contribution < 1.29 is 22.4 Å². The highest BCUT2D eigenvalue weighted by Gasteiger charge is 2.25. The third-order valence-electron chi connectivity index (χ3n) is 3.75. The zero-order valence-electron chi connectivity index (χ0n) is 15.7. The van der Waals surface area contributed by atoms with Crippen LogP contribution in [0.1, 0.15) is 0 Å². The number of benzene rings is 2. The molecule has 0 aliphatic carbocycles. The van der Waals surface area contributed by atoms with Crippen molar-refractivity contribution in [3.05, 3.63) is 66.5 Å². The van der Waals surface area contributed by atoms with Crippen molar-refractivity contribution in [2.45, 2.75) is 4.90 Å². The van der Waals surface area contributed by atoms with Crippen LogP contribution in [-0.2, 0) is 10.1 Å². The molecule has 32 heavy (non-hydrogen) atoms. The van der Waals surface area contributed by atoms with Crippen molar-refractivity contribution in [3.8, 4) is 17.5 Å². The van der Waals surface area contributed by atoms with Gasteiger partial charge in [-0.3, -0.25) is 4.55 Å². The van der Waals surface area contributed by atoms with Crippen LogP contribution in [0.5, 0.6) is 17.5 Å². The number of amidine groups is 2. The lowest BCUT2D eigenvalue weighted by Crippen LogP contribution is -2.36. The summed E-state index contributed by atoms with van der Waals surface area (Å²) in [6.07, 6.45) is 0. The number of ether oxygens (including phenoxy) is 2. The minimum Gasteiger partial charge on any atom is -0.425 e. The molecule has 1 aliphatic rings. The van der Waals surface area contributed by atoms with Gasteiger partial charge in [0.15, 0.2) is 6.67 Å². The molecule has 0 saturated heterocycles. The van der Waals surface area contributed by atoms with Crippen molar-refractivity contribution in [1.29, 1.82) is 0 Å². The molecule has 163 valence electrons. The summed E-state index contributed by atoms with van der Waals surface area (Å²) in [7, 11) is -4.35. The van der Waals surface area contributed by atoms with Gasteiger partial charge in [-0.15, -0.1) is 0 Å². The maximum absolute atomic E-state index is 11.2. The fourth-order valence-electron chi connectivity index (χ4n) is 2.38. The molecule has 1 N–H and O–H groups in total. The first kappa shape index (κ1) is 21.9. The number of aliphatic imine (C=N–C) groups is 2. The number of hydrogen-bond donors (Lipinski definition) is 1. The first-order chi connectivity index (χ1) is 15.3. The van der Waals surface area contributed by atoms with E-state index in [1.807, 2.05) is 6.07 Å². The number of halogens is 2. The molecule has 2 heterocycles. The third-order valence-corrected chi connectivity index (χ3v) is 4.97. The van der Waals surface area contributed by atoms with Gasteiger partial charge in [-0.05, 0) is 59.6 Å². The molecule has 11 nitrogen and oxygen atoms in total. The van der Waals surface area contributed by atoms with Crippen LogP contribution >= 0.6 is 23.2 Å². The average Bonchev–Trinajstić information content (AvgIpc) is 2.74. The maximum Gasteiger partial charge on any atom is 0.328 e. The van der Waals surface area contributed by atoms with E-state index in [0.29, 0.717) is 5.75 Å². The molecule has 0 amide bonds. The van der Waals surface area contributed by atoms with Gasteiger partial charge in [-0.2, -0.15) is 28.4 Å². The predicted octanol–water partition coefficient (Wildman–Crippen LogP) is 3.53. The summed E-state index contributed by atoms with van der Waals surface area (Å²) in [5.41, 5.74) is 0. The Balaban J connectivity index is 1.61. The van der Waals surface area contributed by atoms with E-state index in [9.17, 15) is 8.42 Å². The number of rotatable bonds is 5. The standard InChI is InChI=1S/C18H11Cl2N6O5S/c19-14-21-10-26(18(24-14)31-12-6-8-13(9-7-12)32(27,28)29)16-22-15(20)23-17(25-16)30-11-4-2-1-3-5-11/h1-10H,(H,27,28,29). The molecule has 0 bridgehead atoms. The molecule has 14 heteroatoms. The van der Waals surface area contributed by atoms with Crippen LogP contribution in [0.2, 0.25) is 5.28 Å². The van der Waals surface area contributed by atoms with Gasteiger partial charge in [0.25, 0.3) is 10.1 Å². The van der Waals surface area contributed by atoms with Gasteiger partial charge in [0.1, 0.15) is 11.5 Å². The summed E-state index contributed by atoms with van der Waals surface area (Å²) in [6.45, 7) is 1.25. The zero-order valence-corrected chi connectivity index (χ0v) is 18.0. The molecular formula is C18H11Cl2N6O5S. The molecule has 1 aromatic heterocycles. The van der Waals surface area contributed by atoms with Crippen LogP contribution in [0.3, 0.4) is 0 Å². The smallest absolute Gasteiger partial charge is 0.328 e. The Bertz CT molecular complexity index is 1300. The monoisotopic (exact) mass is 493 g/mol. The topological polar surface area (TPSA) is 139 Å². The zero-order chi connectivity index (χ0) is 22.7. The normalized spacial score (nSPS) is 13.9. The minimum atomic E-state index is -4.35. The Kier molecular flexibility index (Phi) is 6.19. The number of anilines is 1. The molecule has 0 fully saturated rings. The second-order valence-electron chi connectivity index (χ2n) is 5.93. The maximum atomic E-state index is 11.2. The highest BCUT2D eigenvalue weighted by molar-refractivity contribution is 7.85.